The summed E-state index contributed by atoms with van der Waals surface area (Å²) in [7, 11) is 0. The van der Waals surface area contributed by atoms with E-state index in [0.717, 1.165) is 48.4 Å². The fourth-order valence-corrected chi connectivity index (χ4v) is 6.16. The van der Waals surface area contributed by atoms with Gasteiger partial charge in [0.2, 0.25) is 0 Å². The number of benzene rings is 1. The number of anilines is 1. The lowest BCUT2D eigenvalue weighted by Crippen LogP contribution is -2.47. The van der Waals surface area contributed by atoms with Crippen molar-refractivity contribution in [3.8, 4) is 5.75 Å². The number of amides is 1. The van der Waals surface area contributed by atoms with E-state index >= 15 is 0 Å². The quantitative estimate of drug-likeness (QED) is 0.440. The molecular weight excluding hydrogens is 450 g/mol. The summed E-state index contributed by atoms with van der Waals surface area (Å²) < 4.78 is 5.69. The molecule has 1 aliphatic heterocycles. The summed E-state index contributed by atoms with van der Waals surface area (Å²) in [6.45, 7) is 14.4. The van der Waals surface area contributed by atoms with Gasteiger partial charge in [0.1, 0.15) is 10.8 Å². The van der Waals surface area contributed by atoms with Crippen molar-refractivity contribution in [2.75, 3.05) is 44.6 Å². The van der Waals surface area contributed by atoms with Gasteiger partial charge in [0, 0.05) is 36.6 Å². The highest BCUT2D eigenvalue weighted by Crippen LogP contribution is 2.43. The second kappa shape index (κ2) is 10.8. The number of hydrogen-bond acceptors (Lipinski definition) is 6. The van der Waals surface area contributed by atoms with Crippen LogP contribution in [0.4, 0.5) is 5.00 Å². The van der Waals surface area contributed by atoms with Gasteiger partial charge in [-0.2, -0.15) is 0 Å². The van der Waals surface area contributed by atoms with Crippen molar-refractivity contribution in [3.63, 3.8) is 0 Å². The fourth-order valence-electron chi connectivity index (χ4n) is 4.45. The summed E-state index contributed by atoms with van der Waals surface area (Å²) in [6.07, 6.45) is 0. The van der Waals surface area contributed by atoms with Gasteiger partial charge in [0.15, 0.2) is 0 Å². The van der Waals surface area contributed by atoms with Gasteiger partial charge >= 0.3 is 0 Å². The van der Waals surface area contributed by atoms with E-state index in [9.17, 15) is 4.79 Å². The summed E-state index contributed by atoms with van der Waals surface area (Å²) in [5.41, 5.74) is 3.71. The number of thiophene rings is 2. The third-order valence-electron chi connectivity index (χ3n) is 6.40. The molecule has 33 heavy (non-hydrogen) atoms. The van der Waals surface area contributed by atoms with Crippen LogP contribution in [0.5, 0.6) is 5.75 Å². The smallest absolute Gasteiger partial charge is 0.266 e. The molecule has 0 bridgehead atoms. The van der Waals surface area contributed by atoms with Gasteiger partial charge in [-0.25, -0.2) is 0 Å². The van der Waals surface area contributed by atoms with Crippen molar-refractivity contribution in [3.05, 3.63) is 68.2 Å². The van der Waals surface area contributed by atoms with E-state index in [1.54, 1.807) is 11.3 Å². The van der Waals surface area contributed by atoms with E-state index < -0.39 is 0 Å². The largest absolute Gasteiger partial charge is 0.494 e. The molecular formula is C26H33N3O2S2. The lowest BCUT2D eigenvalue weighted by Gasteiger charge is -2.39. The molecule has 0 aliphatic carbocycles. The molecule has 0 unspecified atom stereocenters. The van der Waals surface area contributed by atoms with Crippen molar-refractivity contribution in [2.24, 2.45) is 0 Å². The minimum absolute atomic E-state index is 0.0336. The van der Waals surface area contributed by atoms with Crippen LogP contribution in [0.15, 0.2) is 41.8 Å². The molecule has 7 heteroatoms. The second-order valence-corrected chi connectivity index (χ2v) is 10.5. The SMILES string of the molecule is CCOc1ccc([C@H](c2c(NC(=O)c3cccs3)sc(C)c2C)N2CCN(CC)CC2)cc1. The predicted octanol–water partition coefficient (Wildman–Crippen LogP) is 5.80. The van der Waals surface area contributed by atoms with Crippen molar-refractivity contribution in [2.45, 2.75) is 33.7 Å². The van der Waals surface area contributed by atoms with Crippen LogP contribution in [0, 0.1) is 13.8 Å². The molecule has 5 nitrogen and oxygen atoms in total. The predicted molar refractivity (Wildman–Crippen MR) is 139 cm³/mol. The highest BCUT2D eigenvalue weighted by molar-refractivity contribution is 7.17. The van der Waals surface area contributed by atoms with Gasteiger partial charge in [-0.1, -0.05) is 25.1 Å². The van der Waals surface area contributed by atoms with Gasteiger partial charge in [-0.05, 0) is 62.0 Å². The van der Waals surface area contributed by atoms with E-state index in [1.807, 2.05) is 24.4 Å². The molecule has 1 aromatic carbocycles. The van der Waals surface area contributed by atoms with Gasteiger partial charge in [0.05, 0.1) is 17.5 Å². The Morgan fingerprint density at radius 1 is 1.09 bits per heavy atom. The Labute approximate surface area is 205 Å². The molecule has 0 spiro atoms. The first-order valence-corrected chi connectivity index (χ1v) is 13.3. The average Bonchev–Trinajstić information content (AvgIpc) is 3.46. The van der Waals surface area contributed by atoms with E-state index in [4.69, 9.17) is 4.74 Å². The molecule has 1 amide bonds. The fraction of sp³-hybridized carbons (Fsp3) is 0.423. The number of hydrogen-bond donors (Lipinski definition) is 1. The monoisotopic (exact) mass is 483 g/mol. The lowest BCUT2D eigenvalue weighted by molar-refractivity contribution is 0.102. The van der Waals surface area contributed by atoms with Crippen molar-refractivity contribution in [1.29, 1.82) is 0 Å². The van der Waals surface area contributed by atoms with Gasteiger partial charge in [0.25, 0.3) is 5.91 Å². The van der Waals surface area contributed by atoms with Gasteiger partial charge < -0.3 is 15.0 Å². The molecule has 2 aromatic heterocycles. The van der Waals surface area contributed by atoms with E-state index in [-0.39, 0.29) is 11.9 Å². The van der Waals surface area contributed by atoms with Crippen molar-refractivity contribution in [1.82, 2.24) is 9.80 Å². The first kappa shape index (κ1) is 24.0. The van der Waals surface area contributed by atoms with Crippen LogP contribution in [-0.4, -0.2) is 55.0 Å². The number of likely N-dealkylation sites (N-methyl/N-ethyl adjacent to an activating group) is 1. The van der Waals surface area contributed by atoms with Crippen molar-refractivity contribution >= 4 is 33.6 Å². The number of nitrogens with zero attached hydrogens (tertiary/aromatic N) is 2. The highest BCUT2D eigenvalue weighted by Gasteiger charge is 2.31. The zero-order chi connectivity index (χ0) is 23.4. The van der Waals surface area contributed by atoms with Gasteiger partial charge in [-0.15, -0.1) is 22.7 Å². The average molecular weight is 484 g/mol. The van der Waals surface area contributed by atoms with Crippen LogP contribution in [0.3, 0.4) is 0 Å². The summed E-state index contributed by atoms with van der Waals surface area (Å²) in [4.78, 5) is 20.0. The Morgan fingerprint density at radius 2 is 1.82 bits per heavy atom. The van der Waals surface area contributed by atoms with Crippen LogP contribution in [0.25, 0.3) is 0 Å². The normalized spacial score (nSPS) is 16.0. The molecule has 1 N–H and O–H groups in total. The molecule has 4 rings (SSSR count). The van der Waals surface area contributed by atoms with Gasteiger partial charge in [-0.3, -0.25) is 9.69 Å². The number of nitrogens with one attached hydrogen (secondary N) is 1. The number of piperazine rings is 1. The van der Waals surface area contributed by atoms with E-state index in [1.165, 1.54) is 32.9 Å². The van der Waals surface area contributed by atoms with Crippen LogP contribution >= 0.6 is 22.7 Å². The third-order valence-corrected chi connectivity index (χ3v) is 8.41. The Hall–Kier alpha value is -2.19. The summed E-state index contributed by atoms with van der Waals surface area (Å²) in [5, 5.41) is 6.14. The second-order valence-electron chi connectivity index (χ2n) is 8.33. The molecule has 1 fully saturated rings. The first-order valence-electron chi connectivity index (χ1n) is 11.7. The molecule has 3 heterocycles. The molecule has 3 aromatic rings. The zero-order valence-electron chi connectivity index (χ0n) is 19.9. The van der Waals surface area contributed by atoms with E-state index in [0.29, 0.717) is 6.61 Å². The summed E-state index contributed by atoms with van der Waals surface area (Å²) in [6, 6.07) is 12.4. The zero-order valence-corrected chi connectivity index (χ0v) is 21.5. The Bertz CT molecular complexity index is 1050. The Balaban J connectivity index is 1.72. The van der Waals surface area contributed by atoms with Crippen molar-refractivity contribution < 1.29 is 9.53 Å². The molecule has 1 atom stereocenters. The number of aryl methyl sites for hydroxylation is 1. The molecule has 0 saturated carbocycles. The molecule has 0 radical (unpaired) electrons. The minimum Gasteiger partial charge on any atom is -0.494 e. The maximum atomic E-state index is 13.0. The molecule has 176 valence electrons. The number of carbonyl (C=O) groups is 1. The first-order chi connectivity index (χ1) is 16.0. The number of rotatable bonds is 8. The third kappa shape index (κ3) is 5.32. The lowest BCUT2D eigenvalue weighted by atomic mass is 9.94. The number of ether oxygens (including phenoxy) is 1. The Morgan fingerprint density at radius 3 is 2.42 bits per heavy atom. The maximum absolute atomic E-state index is 13.0. The molecule has 1 saturated heterocycles. The Kier molecular flexibility index (Phi) is 7.86. The van der Waals surface area contributed by atoms with Crippen LogP contribution in [0.1, 0.15) is 51.1 Å². The topological polar surface area (TPSA) is 44.8 Å². The standard InChI is InChI=1S/C26H33N3O2S2/c1-5-28-13-15-29(16-14-28)24(20-9-11-21(12-10-20)31-6-2)23-18(3)19(4)33-26(23)27-25(30)22-8-7-17-32-22/h7-12,17,24H,5-6,13-16H2,1-4H3,(H,27,30)/t24-/m1/s1. The van der Waals surface area contributed by atoms with Crippen LogP contribution in [-0.2, 0) is 0 Å². The highest BCUT2D eigenvalue weighted by atomic mass is 32.1. The summed E-state index contributed by atoms with van der Waals surface area (Å²) >= 11 is 3.15. The van der Waals surface area contributed by atoms with Crippen LogP contribution in [0.2, 0.25) is 0 Å². The molecule has 1 aliphatic rings. The van der Waals surface area contributed by atoms with E-state index in [2.05, 4.69) is 60.2 Å². The van der Waals surface area contributed by atoms with Crippen LogP contribution < -0.4 is 10.1 Å². The number of carbonyl (C=O) groups excluding carboxylic acids is 1. The maximum Gasteiger partial charge on any atom is 0.266 e. The summed E-state index contributed by atoms with van der Waals surface area (Å²) in [5.74, 6) is 0.856. The minimum atomic E-state index is -0.0336.